The third-order valence-corrected chi connectivity index (χ3v) is 5.26. The molecule has 27 heavy (non-hydrogen) atoms. The second-order valence-electron chi connectivity index (χ2n) is 7.47. The molecule has 0 spiro atoms. The number of anilines is 1. The molecule has 0 aromatic heterocycles. The van der Waals surface area contributed by atoms with E-state index in [2.05, 4.69) is 30.5 Å². The number of hydrogen-bond acceptors (Lipinski definition) is 2. The summed E-state index contributed by atoms with van der Waals surface area (Å²) in [6.07, 6.45) is 4.31. The molecule has 0 aliphatic carbocycles. The molecule has 1 saturated heterocycles. The van der Waals surface area contributed by atoms with E-state index in [9.17, 15) is 9.59 Å². The number of amides is 2. The van der Waals surface area contributed by atoms with Gasteiger partial charge in [0.1, 0.15) is 26.2 Å². The van der Waals surface area contributed by atoms with E-state index in [-0.39, 0.29) is 11.8 Å². The Morgan fingerprint density at radius 2 is 1.56 bits per heavy atom. The zero-order chi connectivity index (χ0) is 19.5. The summed E-state index contributed by atoms with van der Waals surface area (Å²) in [5.74, 6) is 0.224. The highest BCUT2D eigenvalue weighted by Gasteiger charge is 2.26. The molecule has 4 N–H and O–H groups in total. The maximum absolute atomic E-state index is 12.4. The first-order valence-electron chi connectivity index (χ1n) is 10.4. The van der Waals surface area contributed by atoms with Crippen molar-refractivity contribution in [2.45, 2.75) is 39.5 Å². The van der Waals surface area contributed by atoms with E-state index in [1.54, 1.807) is 0 Å². The summed E-state index contributed by atoms with van der Waals surface area (Å²) in [6, 6.07) is 7.98. The zero-order valence-electron chi connectivity index (χ0n) is 16.9. The fourth-order valence-corrected chi connectivity index (χ4v) is 3.58. The van der Waals surface area contributed by atoms with Crippen molar-refractivity contribution in [3.8, 4) is 0 Å². The number of hydrogen-bond donors (Lipinski definition) is 4. The average molecular weight is 377 g/mol. The summed E-state index contributed by atoms with van der Waals surface area (Å²) >= 11 is 0. The number of carbonyl (C=O) groups is 2. The number of nitrogens with one attached hydrogen (secondary N) is 4. The highest BCUT2D eigenvalue weighted by Crippen LogP contribution is 2.14. The molecule has 6 nitrogen and oxygen atoms in total. The van der Waals surface area contributed by atoms with Crippen molar-refractivity contribution in [1.29, 1.82) is 0 Å². The summed E-state index contributed by atoms with van der Waals surface area (Å²) < 4.78 is 0. The first kappa shape index (κ1) is 21.4. The van der Waals surface area contributed by atoms with Gasteiger partial charge in [0.25, 0.3) is 11.8 Å². The number of unbranched alkanes of at least 4 members (excludes halogenated alkanes) is 2. The number of benzene rings is 1. The number of carbonyl (C=O) groups excluding carboxylic acids is 2. The lowest BCUT2D eigenvalue weighted by molar-refractivity contribution is -1.00. The van der Waals surface area contributed by atoms with Crippen LogP contribution in [0, 0.1) is 0 Å². The first-order chi connectivity index (χ1) is 13.1. The minimum Gasteiger partial charge on any atom is -0.351 e. The lowest BCUT2D eigenvalue weighted by Crippen LogP contribution is -3.28. The zero-order valence-corrected chi connectivity index (χ0v) is 16.9. The number of quaternary nitrogens is 2. The molecule has 2 rings (SSSR count). The molecular weight excluding hydrogens is 340 g/mol. The number of para-hydroxylation sites is 1. The van der Waals surface area contributed by atoms with Crippen molar-refractivity contribution in [1.82, 2.24) is 5.32 Å². The van der Waals surface area contributed by atoms with Crippen molar-refractivity contribution in [3.63, 3.8) is 0 Å². The van der Waals surface area contributed by atoms with Gasteiger partial charge in [0.2, 0.25) is 0 Å². The van der Waals surface area contributed by atoms with Crippen LogP contribution in [0.5, 0.6) is 0 Å². The minimum absolute atomic E-state index is 0.0722. The Labute approximate surface area is 163 Å². The molecule has 0 unspecified atom stereocenters. The largest absolute Gasteiger partial charge is 0.351 e. The van der Waals surface area contributed by atoms with Crippen LogP contribution in [0.25, 0.3) is 0 Å². The van der Waals surface area contributed by atoms with Crippen LogP contribution in [0.15, 0.2) is 24.3 Å². The quantitative estimate of drug-likeness (QED) is 0.407. The summed E-state index contributed by atoms with van der Waals surface area (Å²) in [5.41, 5.74) is 2.09. The third-order valence-electron chi connectivity index (χ3n) is 5.26. The molecule has 2 amide bonds. The normalized spacial score (nSPS) is 19.5. The monoisotopic (exact) mass is 376 g/mol. The van der Waals surface area contributed by atoms with E-state index in [1.807, 2.05) is 18.2 Å². The highest BCUT2D eigenvalue weighted by molar-refractivity contribution is 5.92. The summed E-state index contributed by atoms with van der Waals surface area (Å²) in [7, 11) is 0. The molecule has 1 aromatic carbocycles. The van der Waals surface area contributed by atoms with Crippen LogP contribution in [0.4, 0.5) is 5.69 Å². The molecule has 1 aliphatic rings. The summed E-state index contributed by atoms with van der Waals surface area (Å²) in [6.45, 7) is 9.84. The Balaban J connectivity index is 1.66. The van der Waals surface area contributed by atoms with Gasteiger partial charge in [-0.25, -0.2) is 0 Å². The third kappa shape index (κ3) is 7.69. The van der Waals surface area contributed by atoms with Gasteiger partial charge in [-0.15, -0.1) is 0 Å². The number of piperazine rings is 1. The lowest BCUT2D eigenvalue weighted by Gasteiger charge is -2.29. The molecule has 0 bridgehead atoms. The standard InChI is InChI=1S/C21H34N4O2/c1-3-5-8-11-22-20(26)16-24-12-14-25(15-13-24)17-21(27)23-19-10-7-6-9-18(19)4-2/h6-7,9-10H,3-5,8,11-17H2,1-2H3,(H,22,26)(H,23,27)/p+2. The van der Waals surface area contributed by atoms with Gasteiger partial charge in [-0.1, -0.05) is 44.9 Å². The van der Waals surface area contributed by atoms with Crippen molar-refractivity contribution >= 4 is 17.5 Å². The number of rotatable bonds is 10. The van der Waals surface area contributed by atoms with Crippen LogP contribution in [-0.4, -0.2) is 57.6 Å². The van der Waals surface area contributed by atoms with Gasteiger partial charge in [0.15, 0.2) is 13.1 Å². The van der Waals surface area contributed by atoms with Crippen LogP contribution >= 0.6 is 0 Å². The van der Waals surface area contributed by atoms with E-state index in [0.29, 0.717) is 13.1 Å². The van der Waals surface area contributed by atoms with Gasteiger partial charge < -0.3 is 20.4 Å². The lowest BCUT2D eigenvalue weighted by atomic mass is 10.1. The van der Waals surface area contributed by atoms with Crippen LogP contribution in [-0.2, 0) is 16.0 Å². The van der Waals surface area contributed by atoms with Crippen LogP contribution in [0.1, 0.15) is 38.7 Å². The van der Waals surface area contributed by atoms with Crippen molar-refractivity contribution in [2.75, 3.05) is 51.1 Å². The Bertz CT molecular complexity index is 598. The van der Waals surface area contributed by atoms with Crippen molar-refractivity contribution in [2.24, 2.45) is 0 Å². The van der Waals surface area contributed by atoms with E-state index < -0.39 is 0 Å². The Kier molecular flexibility index (Phi) is 9.28. The fraction of sp³-hybridized carbons (Fsp3) is 0.619. The van der Waals surface area contributed by atoms with Crippen molar-refractivity contribution in [3.05, 3.63) is 29.8 Å². The molecule has 0 atom stereocenters. The SMILES string of the molecule is CCCCCNC(=O)C[NH+]1CC[NH+](CC(=O)Nc2ccccc2CC)CC1. The van der Waals surface area contributed by atoms with E-state index in [0.717, 1.165) is 51.3 Å². The van der Waals surface area contributed by atoms with Crippen LogP contribution in [0.3, 0.4) is 0 Å². The van der Waals surface area contributed by atoms with Crippen LogP contribution < -0.4 is 20.4 Å². The maximum atomic E-state index is 12.4. The van der Waals surface area contributed by atoms with Gasteiger partial charge in [-0.2, -0.15) is 0 Å². The first-order valence-corrected chi connectivity index (χ1v) is 10.4. The Morgan fingerprint density at radius 3 is 2.19 bits per heavy atom. The number of aryl methyl sites for hydroxylation is 1. The highest BCUT2D eigenvalue weighted by atomic mass is 16.2. The van der Waals surface area contributed by atoms with Gasteiger partial charge in [0.05, 0.1) is 0 Å². The Hall–Kier alpha value is -1.92. The molecule has 150 valence electrons. The van der Waals surface area contributed by atoms with Crippen molar-refractivity contribution < 1.29 is 19.4 Å². The van der Waals surface area contributed by atoms with Gasteiger partial charge >= 0.3 is 0 Å². The van der Waals surface area contributed by atoms with Gasteiger partial charge in [0, 0.05) is 12.2 Å². The summed E-state index contributed by atoms with van der Waals surface area (Å²) in [5, 5.41) is 6.07. The van der Waals surface area contributed by atoms with E-state index >= 15 is 0 Å². The molecule has 6 heteroatoms. The molecule has 0 saturated carbocycles. The fourth-order valence-electron chi connectivity index (χ4n) is 3.58. The van der Waals surface area contributed by atoms with E-state index in [4.69, 9.17) is 0 Å². The second kappa shape index (κ2) is 11.7. The Morgan fingerprint density at radius 1 is 0.926 bits per heavy atom. The molecule has 1 heterocycles. The predicted molar refractivity (Wildman–Crippen MR) is 108 cm³/mol. The maximum Gasteiger partial charge on any atom is 0.279 e. The molecule has 0 radical (unpaired) electrons. The van der Waals surface area contributed by atoms with Gasteiger partial charge in [-0.05, 0) is 24.5 Å². The molecule has 1 aliphatic heterocycles. The minimum atomic E-state index is 0.0722. The van der Waals surface area contributed by atoms with Crippen LogP contribution in [0.2, 0.25) is 0 Å². The average Bonchev–Trinajstić information content (AvgIpc) is 2.67. The van der Waals surface area contributed by atoms with E-state index in [1.165, 1.54) is 28.2 Å². The summed E-state index contributed by atoms with van der Waals surface area (Å²) in [4.78, 5) is 27.0. The predicted octanol–water partition coefficient (Wildman–Crippen LogP) is -0.723. The molecular formula is C21H36N4O2+2. The topological polar surface area (TPSA) is 67.1 Å². The molecule has 1 fully saturated rings. The van der Waals surface area contributed by atoms with Gasteiger partial charge in [-0.3, -0.25) is 9.59 Å². The second-order valence-corrected chi connectivity index (χ2v) is 7.47. The molecule has 1 aromatic rings. The smallest absolute Gasteiger partial charge is 0.279 e.